The second kappa shape index (κ2) is 7.49. The van der Waals surface area contributed by atoms with Crippen molar-refractivity contribution in [2.24, 2.45) is 0 Å². The van der Waals surface area contributed by atoms with Crippen molar-refractivity contribution in [3.05, 3.63) is 36.7 Å². The van der Waals surface area contributed by atoms with Crippen molar-refractivity contribution < 1.29 is 14.3 Å². The molecule has 1 fully saturated rings. The van der Waals surface area contributed by atoms with Crippen LogP contribution in [0.15, 0.2) is 36.7 Å². The standard InChI is InChI=1S/C18H23N3O3/c1-3-24-16-7-5-4-6-15(16)18-19-8-9-21(18)14-12-17(22)20(13-14)10-11-23-2/h4-9,14H,3,10-13H2,1-2H3. The molecule has 3 rings (SSSR count). The molecule has 1 aromatic carbocycles. The van der Waals surface area contributed by atoms with E-state index in [1.165, 1.54) is 0 Å². The molecule has 24 heavy (non-hydrogen) atoms. The van der Waals surface area contributed by atoms with E-state index in [1.54, 1.807) is 13.3 Å². The summed E-state index contributed by atoms with van der Waals surface area (Å²) in [5.74, 6) is 1.81. The maximum atomic E-state index is 12.2. The summed E-state index contributed by atoms with van der Waals surface area (Å²) >= 11 is 0. The van der Waals surface area contributed by atoms with Crippen LogP contribution in [0.5, 0.6) is 5.75 Å². The Morgan fingerprint density at radius 3 is 2.96 bits per heavy atom. The topological polar surface area (TPSA) is 56.6 Å². The second-order valence-electron chi connectivity index (χ2n) is 5.78. The minimum Gasteiger partial charge on any atom is -0.493 e. The zero-order valence-corrected chi connectivity index (χ0v) is 14.1. The first-order chi connectivity index (χ1) is 11.7. The van der Waals surface area contributed by atoms with Gasteiger partial charge in [0.1, 0.15) is 11.6 Å². The first-order valence-electron chi connectivity index (χ1n) is 8.26. The number of hydrogen-bond acceptors (Lipinski definition) is 4. The molecular formula is C18H23N3O3. The zero-order chi connectivity index (χ0) is 16.9. The summed E-state index contributed by atoms with van der Waals surface area (Å²) in [6, 6.07) is 7.96. The average molecular weight is 329 g/mol. The molecule has 1 unspecified atom stereocenters. The lowest BCUT2D eigenvalue weighted by Gasteiger charge is -2.18. The van der Waals surface area contributed by atoms with Crippen LogP contribution in [0.4, 0.5) is 0 Å². The van der Waals surface area contributed by atoms with Gasteiger partial charge in [-0.15, -0.1) is 0 Å². The van der Waals surface area contributed by atoms with Gasteiger partial charge in [-0.25, -0.2) is 4.98 Å². The Morgan fingerprint density at radius 1 is 1.33 bits per heavy atom. The smallest absolute Gasteiger partial charge is 0.224 e. The van der Waals surface area contributed by atoms with Crippen molar-refractivity contribution in [2.75, 3.05) is 33.4 Å². The number of methoxy groups -OCH3 is 1. The van der Waals surface area contributed by atoms with Crippen LogP contribution in [0.2, 0.25) is 0 Å². The van der Waals surface area contributed by atoms with E-state index in [4.69, 9.17) is 9.47 Å². The molecule has 2 heterocycles. The molecule has 1 aliphatic heterocycles. The van der Waals surface area contributed by atoms with Crippen molar-refractivity contribution in [1.29, 1.82) is 0 Å². The van der Waals surface area contributed by atoms with Crippen LogP contribution in [0, 0.1) is 0 Å². The van der Waals surface area contributed by atoms with E-state index >= 15 is 0 Å². The molecule has 6 heteroatoms. The van der Waals surface area contributed by atoms with Crippen molar-refractivity contribution in [3.63, 3.8) is 0 Å². The maximum Gasteiger partial charge on any atom is 0.224 e. The highest BCUT2D eigenvalue weighted by atomic mass is 16.5. The largest absolute Gasteiger partial charge is 0.493 e. The number of carbonyl (C=O) groups excluding carboxylic acids is 1. The fraction of sp³-hybridized carbons (Fsp3) is 0.444. The molecule has 0 aliphatic carbocycles. The quantitative estimate of drug-likeness (QED) is 0.782. The molecule has 2 aromatic rings. The maximum absolute atomic E-state index is 12.2. The molecule has 1 saturated heterocycles. The van der Waals surface area contributed by atoms with Gasteiger partial charge in [0.15, 0.2) is 0 Å². The lowest BCUT2D eigenvalue weighted by atomic mass is 10.1. The van der Waals surface area contributed by atoms with Gasteiger partial charge in [-0.1, -0.05) is 12.1 Å². The van der Waals surface area contributed by atoms with Crippen LogP contribution in [0.3, 0.4) is 0 Å². The Balaban J connectivity index is 1.85. The van der Waals surface area contributed by atoms with Gasteiger partial charge in [0.2, 0.25) is 5.91 Å². The molecule has 0 bridgehead atoms. The Morgan fingerprint density at radius 2 is 2.17 bits per heavy atom. The number of para-hydroxylation sites is 1. The van der Waals surface area contributed by atoms with Crippen molar-refractivity contribution in [3.8, 4) is 17.1 Å². The van der Waals surface area contributed by atoms with Crippen LogP contribution in [0.1, 0.15) is 19.4 Å². The van der Waals surface area contributed by atoms with Gasteiger partial charge in [0.05, 0.1) is 24.8 Å². The monoisotopic (exact) mass is 329 g/mol. The number of ether oxygens (including phenoxy) is 2. The molecule has 6 nitrogen and oxygen atoms in total. The summed E-state index contributed by atoms with van der Waals surface area (Å²) < 4.78 is 12.9. The van der Waals surface area contributed by atoms with Crippen LogP contribution in [-0.2, 0) is 9.53 Å². The number of amides is 1. The molecule has 0 N–H and O–H groups in total. The number of hydrogen-bond donors (Lipinski definition) is 0. The summed E-state index contributed by atoms with van der Waals surface area (Å²) in [6.07, 6.45) is 4.21. The third-order valence-corrected chi connectivity index (χ3v) is 4.25. The molecule has 0 radical (unpaired) electrons. The fourth-order valence-electron chi connectivity index (χ4n) is 3.10. The number of carbonyl (C=O) groups is 1. The van der Waals surface area contributed by atoms with Crippen LogP contribution in [-0.4, -0.2) is 53.8 Å². The van der Waals surface area contributed by atoms with E-state index in [0.717, 1.165) is 17.1 Å². The highest BCUT2D eigenvalue weighted by Crippen LogP contribution is 2.33. The van der Waals surface area contributed by atoms with E-state index in [-0.39, 0.29) is 11.9 Å². The second-order valence-corrected chi connectivity index (χ2v) is 5.78. The van der Waals surface area contributed by atoms with Gasteiger partial charge in [-0.05, 0) is 19.1 Å². The molecule has 128 valence electrons. The lowest BCUT2D eigenvalue weighted by molar-refractivity contribution is -0.128. The molecule has 0 saturated carbocycles. The van der Waals surface area contributed by atoms with Gasteiger partial charge in [0.25, 0.3) is 0 Å². The summed E-state index contributed by atoms with van der Waals surface area (Å²) in [5, 5.41) is 0. The number of likely N-dealkylation sites (tertiary alicyclic amines) is 1. The van der Waals surface area contributed by atoms with E-state index in [2.05, 4.69) is 9.55 Å². The van der Waals surface area contributed by atoms with Gasteiger partial charge < -0.3 is 18.9 Å². The number of imidazole rings is 1. The Kier molecular flexibility index (Phi) is 5.15. The summed E-state index contributed by atoms with van der Waals surface area (Å²) in [6.45, 7) is 4.44. The first-order valence-corrected chi connectivity index (χ1v) is 8.26. The van der Waals surface area contributed by atoms with Crippen molar-refractivity contribution >= 4 is 5.91 Å². The Labute approximate surface area is 142 Å². The lowest BCUT2D eigenvalue weighted by Crippen LogP contribution is -2.29. The highest BCUT2D eigenvalue weighted by Gasteiger charge is 2.31. The van der Waals surface area contributed by atoms with Crippen molar-refractivity contribution in [1.82, 2.24) is 14.5 Å². The predicted molar refractivity (Wildman–Crippen MR) is 90.9 cm³/mol. The average Bonchev–Trinajstić information content (AvgIpc) is 3.20. The minimum absolute atomic E-state index is 0.0848. The van der Waals surface area contributed by atoms with Gasteiger partial charge in [-0.3, -0.25) is 4.79 Å². The van der Waals surface area contributed by atoms with Crippen LogP contribution < -0.4 is 4.74 Å². The summed E-state index contributed by atoms with van der Waals surface area (Å²) in [5.41, 5.74) is 0.951. The van der Waals surface area contributed by atoms with E-state index in [9.17, 15) is 4.79 Å². The zero-order valence-electron chi connectivity index (χ0n) is 14.1. The molecule has 1 aromatic heterocycles. The van der Waals surface area contributed by atoms with Gasteiger partial charge in [-0.2, -0.15) is 0 Å². The molecule has 1 aliphatic rings. The van der Waals surface area contributed by atoms with Crippen molar-refractivity contribution in [2.45, 2.75) is 19.4 Å². The number of nitrogens with zero attached hydrogens (tertiary/aromatic N) is 3. The SMILES string of the molecule is CCOc1ccccc1-c1nccn1C1CC(=O)N(CCOC)C1. The number of aromatic nitrogens is 2. The first kappa shape index (κ1) is 16.5. The van der Waals surface area contributed by atoms with Crippen LogP contribution in [0.25, 0.3) is 11.4 Å². The minimum atomic E-state index is 0.0848. The summed E-state index contributed by atoms with van der Waals surface area (Å²) in [4.78, 5) is 18.6. The predicted octanol–water partition coefficient (Wildman–Crippen LogP) is 2.37. The molecule has 0 spiro atoms. The van der Waals surface area contributed by atoms with E-state index in [1.807, 2.05) is 42.3 Å². The Hall–Kier alpha value is -2.34. The number of rotatable bonds is 7. The summed E-state index contributed by atoms with van der Waals surface area (Å²) in [7, 11) is 1.65. The fourth-order valence-corrected chi connectivity index (χ4v) is 3.10. The third kappa shape index (κ3) is 3.28. The highest BCUT2D eigenvalue weighted by molar-refractivity contribution is 5.79. The Bertz CT molecular complexity index is 698. The van der Waals surface area contributed by atoms with Gasteiger partial charge >= 0.3 is 0 Å². The normalized spacial score (nSPS) is 17.5. The van der Waals surface area contributed by atoms with E-state index < -0.39 is 0 Å². The molecular weight excluding hydrogens is 306 g/mol. The van der Waals surface area contributed by atoms with Gasteiger partial charge in [0, 0.05) is 39.0 Å². The molecule has 1 atom stereocenters. The third-order valence-electron chi connectivity index (χ3n) is 4.25. The van der Waals surface area contributed by atoms with Crippen LogP contribution >= 0.6 is 0 Å². The molecule has 1 amide bonds. The number of benzene rings is 1. The van der Waals surface area contributed by atoms with E-state index in [0.29, 0.717) is 32.7 Å².